The lowest BCUT2D eigenvalue weighted by Crippen LogP contribution is -2.46. The molecule has 21 heavy (non-hydrogen) atoms. The van der Waals surface area contributed by atoms with Gasteiger partial charge in [0.2, 0.25) is 5.91 Å². The maximum absolute atomic E-state index is 11.9. The molecule has 0 bridgehead atoms. The molecule has 6 heteroatoms. The van der Waals surface area contributed by atoms with Crippen LogP contribution in [0, 0.1) is 0 Å². The van der Waals surface area contributed by atoms with E-state index in [9.17, 15) is 9.59 Å². The van der Waals surface area contributed by atoms with Crippen molar-refractivity contribution in [3.8, 4) is 0 Å². The van der Waals surface area contributed by atoms with Gasteiger partial charge in [-0.05, 0) is 19.4 Å². The molecular weight excluding hydrogens is 308 g/mol. The fourth-order valence-corrected chi connectivity index (χ4v) is 2.91. The molecule has 2 rings (SSSR count). The van der Waals surface area contributed by atoms with Gasteiger partial charge in [0.15, 0.2) is 5.78 Å². The van der Waals surface area contributed by atoms with Crippen LogP contribution in [0.4, 0.5) is 0 Å². The van der Waals surface area contributed by atoms with Gasteiger partial charge in [0.1, 0.15) is 0 Å². The smallest absolute Gasteiger partial charge is 0.230 e. The number of piperidine rings is 1. The highest BCUT2D eigenvalue weighted by Gasteiger charge is 2.15. The lowest BCUT2D eigenvalue weighted by Gasteiger charge is -2.23. The summed E-state index contributed by atoms with van der Waals surface area (Å²) in [5, 5.41) is 6.26. The van der Waals surface area contributed by atoms with Gasteiger partial charge >= 0.3 is 0 Å². The van der Waals surface area contributed by atoms with Crippen LogP contribution in [0.3, 0.4) is 0 Å². The summed E-state index contributed by atoms with van der Waals surface area (Å²) in [5.74, 6) is 0.780. The van der Waals surface area contributed by atoms with Crippen LogP contribution in [-0.4, -0.2) is 42.3 Å². The summed E-state index contributed by atoms with van der Waals surface area (Å²) in [4.78, 5) is 23.6. The topological polar surface area (TPSA) is 58.2 Å². The van der Waals surface area contributed by atoms with Crippen molar-refractivity contribution in [1.29, 1.82) is 0 Å². The normalized spacial score (nSPS) is 17.6. The number of ketones is 1. The number of halogens is 1. The number of Topliss-reactive ketones (excluding diaryl/α,β-unsaturated/α-hetero) is 1. The number of benzene rings is 1. The van der Waals surface area contributed by atoms with E-state index in [1.807, 2.05) is 18.2 Å². The van der Waals surface area contributed by atoms with Crippen molar-refractivity contribution in [2.45, 2.75) is 18.9 Å². The van der Waals surface area contributed by atoms with Crippen molar-refractivity contribution in [1.82, 2.24) is 10.6 Å². The first-order valence-corrected chi connectivity index (χ1v) is 8.07. The van der Waals surface area contributed by atoms with Crippen LogP contribution >= 0.6 is 24.2 Å². The number of nitrogens with one attached hydrogen (secondary N) is 2. The van der Waals surface area contributed by atoms with Gasteiger partial charge in [-0.3, -0.25) is 9.59 Å². The molecule has 0 saturated carbocycles. The zero-order valence-electron chi connectivity index (χ0n) is 11.8. The summed E-state index contributed by atoms with van der Waals surface area (Å²) in [5.41, 5.74) is 0.705. The Balaban J connectivity index is 0.00000220. The second-order valence-electron chi connectivity index (χ2n) is 4.89. The Bertz CT molecular complexity index is 450. The monoisotopic (exact) mass is 328 g/mol. The lowest BCUT2D eigenvalue weighted by molar-refractivity contribution is -0.119. The Kier molecular flexibility index (Phi) is 8.42. The van der Waals surface area contributed by atoms with Gasteiger partial charge in [-0.1, -0.05) is 30.3 Å². The average Bonchev–Trinajstić information content (AvgIpc) is 2.49. The van der Waals surface area contributed by atoms with E-state index in [1.165, 1.54) is 11.8 Å². The van der Waals surface area contributed by atoms with Gasteiger partial charge in [-0.2, -0.15) is 0 Å². The average molecular weight is 329 g/mol. The van der Waals surface area contributed by atoms with Gasteiger partial charge < -0.3 is 10.6 Å². The van der Waals surface area contributed by atoms with Gasteiger partial charge in [0.05, 0.1) is 11.5 Å². The van der Waals surface area contributed by atoms with Gasteiger partial charge in [0, 0.05) is 18.2 Å². The lowest BCUT2D eigenvalue weighted by atomic mass is 10.1. The van der Waals surface area contributed by atoms with E-state index in [-0.39, 0.29) is 30.1 Å². The Labute approximate surface area is 135 Å². The Morgan fingerprint density at radius 1 is 1.24 bits per heavy atom. The number of carbonyl (C=O) groups excluding carboxylic acids is 2. The van der Waals surface area contributed by atoms with Crippen LogP contribution in [0.25, 0.3) is 0 Å². The number of carbonyl (C=O) groups is 2. The first-order valence-electron chi connectivity index (χ1n) is 6.92. The molecule has 1 unspecified atom stereocenters. The quantitative estimate of drug-likeness (QED) is 0.783. The highest BCUT2D eigenvalue weighted by atomic mass is 35.5. The molecule has 1 fully saturated rings. The van der Waals surface area contributed by atoms with Crippen LogP contribution < -0.4 is 10.6 Å². The standard InChI is InChI=1S/C15H20N2O2S.ClH/c18-14(12-5-2-1-3-6-12)10-20-11-15(19)17-13-7-4-8-16-9-13;/h1-3,5-6,13,16H,4,7-11H2,(H,17,19);1H. The third-order valence-corrected chi connectivity index (χ3v) is 4.16. The van der Waals surface area contributed by atoms with Crippen LogP contribution in [0.5, 0.6) is 0 Å². The molecular formula is C15H21ClN2O2S. The molecule has 0 aromatic heterocycles. The van der Waals surface area contributed by atoms with Crippen molar-refractivity contribution in [2.75, 3.05) is 24.6 Å². The largest absolute Gasteiger partial charge is 0.351 e. The molecule has 1 amide bonds. The van der Waals surface area contributed by atoms with Crippen molar-refractivity contribution in [2.24, 2.45) is 0 Å². The summed E-state index contributed by atoms with van der Waals surface area (Å²) in [6, 6.07) is 9.42. The molecule has 4 nitrogen and oxygen atoms in total. The van der Waals surface area contributed by atoms with E-state index >= 15 is 0 Å². The minimum atomic E-state index is 0. The molecule has 1 saturated heterocycles. The van der Waals surface area contributed by atoms with E-state index in [0.29, 0.717) is 17.1 Å². The van der Waals surface area contributed by atoms with Crippen molar-refractivity contribution < 1.29 is 9.59 Å². The summed E-state index contributed by atoms with van der Waals surface area (Å²) in [6.45, 7) is 1.88. The molecule has 2 N–H and O–H groups in total. The Morgan fingerprint density at radius 3 is 2.67 bits per heavy atom. The second kappa shape index (κ2) is 9.82. The van der Waals surface area contributed by atoms with E-state index in [4.69, 9.17) is 0 Å². The highest BCUT2D eigenvalue weighted by Crippen LogP contribution is 2.08. The molecule has 1 aliphatic rings. The Morgan fingerprint density at radius 2 is 2.00 bits per heavy atom. The molecule has 0 aliphatic carbocycles. The zero-order valence-corrected chi connectivity index (χ0v) is 13.5. The van der Waals surface area contributed by atoms with Crippen molar-refractivity contribution in [3.63, 3.8) is 0 Å². The maximum atomic E-state index is 11.9. The van der Waals surface area contributed by atoms with Crippen LogP contribution in [0.2, 0.25) is 0 Å². The third kappa shape index (κ3) is 6.50. The SMILES string of the molecule is Cl.O=C(CSCC(=O)c1ccccc1)NC1CCCNC1. The van der Waals surface area contributed by atoms with Crippen LogP contribution in [-0.2, 0) is 4.79 Å². The fraction of sp³-hybridized carbons (Fsp3) is 0.467. The molecule has 0 spiro atoms. The minimum Gasteiger partial charge on any atom is -0.351 e. The van der Waals surface area contributed by atoms with Crippen LogP contribution in [0.15, 0.2) is 30.3 Å². The summed E-state index contributed by atoms with van der Waals surface area (Å²) >= 11 is 1.37. The molecule has 1 aromatic carbocycles. The molecule has 116 valence electrons. The van der Waals surface area contributed by atoms with E-state index in [2.05, 4.69) is 10.6 Å². The minimum absolute atomic E-state index is 0. The summed E-state index contributed by atoms with van der Waals surface area (Å²) < 4.78 is 0. The number of thioether (sulfide) groups is 1. The van der Waals surface area contributed by atoms with Gasteiger partial charge in [-0.25, -0.2) is 0 Å². The number of rotatable bonds is 6. The van der Waals surface area contributed by atoms with E-state index in [1.54, 1.807) is 12.1 Å². The fourth-order valence-electron chi connectivity index (χ4n) is 2.19. The molecule has 1 atom stereocenters. The second-order valence-corrected chi connectivity index (χ2v) is 5.88. The number of hydrogen-bond donors (Lipinski definition) is 2. The molecule has 0 radical (unpaired) electrons. The molecule has 1 aliphatic heterocycles. The van der Waals surface area contributed by atoms with Gasteiger partial charge in [-0.15, -0.1) is 24.2 Å². The molecule has 1 aromatic rings. The van der Waals surface area contributed by atoms with Crippen molar-refractivity contribution >= 4 is 35.9 Å². The number of hydrogen-bond acceptors (Lipinski definition) is 4. The first kappa shape index (κ1) is 18.0. The highest BCUT2D eigenvalue weighted by molar-refractivity contribution is 8.00. The zero-order chi connectivity index (χ0) is 14.2. The molecule has 1 heterocycles. The van der Waals surface area contributed by atoms with E-state index < -0.39 is 0 Å². The predicted molar refractivity (Wildman–Crippen MR) is 89.4 cm³/mol. The van der Waals surface area contributed by atoms with Crippen molar-refractivity contribution in [3.05, 3.63) is 35.9 Å². The van der Waals surface area contributed by atoms with E-state index in [0.717, 1.165) is 25.9 Å². The maximum Gasteiger partial charge on any atom is 0.230 e. The van der Waals surface area contributed by atoms with Gasteiger partial charge in [0.25, 0.3) is 0 Å². The summed E-state index contributed by atoms with van der Waals surface area (Å²) in [6.07, 6.45) is 2.14. The van der Waals surface area contributed by atoms with Crippen LogP contribution in [0.1, 0.15) is 23.2 Å². The predicted octanol–water partition coefficient (Wildman–Crippen LogP) is 1.89. The number of amides is 1. The first-order chi connectivity index (χ1) is 9.75. The third-order valence-electron chi connectivity index (χ3n) is 3.22. The summed E-state index contributed by atoms with van der Waals surface area (Å²) in [7, 11) is 0. The Hall–Kier alpha value is -1.04.